The average molecular weight is 246 g/mol. The summed E-state index contributed by atoms with van der Waals surface area (Å²) in [6.07, 6.45) is 1.57. The van der Waals surface area contributed by atoms with E-state index in [4.69, 9.17) is 17.4 Å². The first-order valence-electron chi connectivity index (χ1n) is 4.63. The summed E-state index contributed by atoms with van der Waals surface area (Å²) in [5.41, 5.74) is 2.42. The van der Waals surface area contributed by atoms with Crippen molar-refractivity contribution in [1.29, 1.82) is 0 Å². The lowest BCUT2D eigenvalue weighted by Crippen LogP contribution is -2.33. The number of hydrazine groups is 1. The van der Waals surface area contributed by atoms with E-state index in [1.807, 2.05) is 11.8 Å². The van der Waals surface area contributed by atoms with Gasteiger partial charge in [-0.2, -0.15) is 16.7 Å². The molecule has 15 heavy (non-hydrogen) atoms. The number of hydrogen-bond donors (Lipinski definition) is 2. The van der Waals surface area contributed by atoms with Crippen LogP contribution in [0, 0.1) is 0 Å². The second-order valence-electron chi connectivity index (χ2n) is 3.11. The quantitative estimate of drug-likeness (QED) is 0.598. The van der Waals surface area contributed by atoms with Gasteiger partial charge in [0.15, 0.2) is 5.82 Å². The number of nitrogens with one attached hydrogen (secondary N) is 1. The number of aromatic nitrogens is 2. The fraction of sp³-hybridized carbons (Fsp3) is 0.500. The smallest absolute Gasteiger partial charge is 0.239 e. The topological polar surface area (TPSA) is 67.1 Å². The van der Waals surface area contributed by atoms with E-state index in [1.54, 1.807) is 6.20 Å². The lowest BCUT2D eigenvalue weighted by molar-refractivity contribution is 0.835. The van der Waals surface area contributed by atoms with Crippen LogP contribution in [0.15, 0.2) is 6.20 Å². The van der Waals surface area contributed by atoms with Gasteiger partial charge in [0.1, 0.15) is 5.02 Å². The van der Waals surface area contributed by atoms with Crippen LogP contribution >= 0.6 is 23.4 Å². The van der Waals surface area contributed by atoms with Gasteiger partial charge >= 0.3 is 0 Å². The summed E-state index contributed by atoms with van der Waals surface area (Å²) in [6.45, 7) is 1.93. The van der Waals surface area contributed by atoms with Gasteiger partial charge in [-0.15, -0.1) is 0 Å². The van der Waals surface area contributed by atoms with Crippen LogP contribution in [0.4, 0.5) is 11.8 Å². The van der Waals surface area contributed by atoms with Gasteiger partial charge in [0.05, 0.1) is 6.20 Å². The molecule has 82 valence electrons. The fourth-order valence-corrected chi connectivity index (χ4v) is 2.54. The van der Waals surface area contributed by atoms with Crippen LogP contribution in [0.1, 0.15) is 0 Å². The molecule has 1 fully saturated rings. The molecular formula is C8H12ClN5S. The molecule has 1 aromatic rings. The number of nitrogen functional groups attached to an aromatic ring is 1. The van der Waals surface area contributed by atoms with Crippen molar-refractivity contribution in [3.63, 3.8) is 0 Å². The molecule has 1 aliphatic heterocycles. The Morgan fingerprint density at radius 1 is 1.47 bits per heavy atom. The number of nitrogens with zero attached hydrogens (tertiary/aromatic N) is 3. The molecule has 0 saturated carbocycles. The van der Waals surface area contributed by atoms with Gasteiger partial charge in [0.25, 0.3) is 0 Å². The summed E-state index contributed by atoms with van der Waals surface area (Å²) in [5, 5.41) is 0.570. The summed E-state index contributed by atoms with van der Waals surface area (Å²) in [5.74, 6) is 8.62. The first-order valence-corrected chi connectivity index (χ1v) is 6.16. The van der Waals surface area contributed by atoms with E-state index < -0.39 is 0 Å². The zero-order chi connectivity index (χ0) is 10.7. The van der Waals surface area contributed by atoms with Crippen molar-refractivity contribution in [3.05, 3.63) is 11.2 Å². The van der Waals surface area contributed by atoms with Gasteiger partial charge in [0.2, 0.25) is 5.95 Å². The molecule has 0 atom stereocenters. The van der Waals surface area contributed by atoms with Crippen molar-refractivity contribution >= 4 is 35.1 Å². The lowest BCUT2D eigenvalue weighted by Gasteiger charge is -2.28. The number of nitrogens with two attached hydrogens (primary N) is 1. The van der Waals surface area contributed by atoms with Crippen molar-refractivity contribution in [2.45, 2.75) is 0 Å². The van der Waals surface area contributed by atoms with E-state index in [0.29, 0.717) is 11.0 Å². The molecule has 1 aliphatic rings. The molecule has 0 aromatic carbocycles. The van der Waals surface area contributed by atoms with Gasteiger partial charge < -0.3 is 4.90 Å². The van der Waals surface area contributed by atoms with Crippen molar-refractivity contribution < 1.29 is 0 Å². The number of rotatable bonds is 2. The SMILES string of the molecule is NNc1ncc(Cl)c(N2CCSCC2)n1. The molecule has 0 bridgehead atoms. The maximum absolute atomic E-state index is 6.04. The van der Waals surface area contributed by atoms with Gasteiger partial charge in [0, 0.05) is 24.6 Å². The first-order chi connectivity index (χ1) is 7.31. The normalized spacial score (nSPS) is 16.5. The Bertz CT molecular complexity index is 342. The molecule has 0 unspecified atom stereocenters. The van der Waals surface area contributed by atoms with Crippen LogP contribution in [0.3, 0.4) is 0 Å². The van der Waals surface area contributed by atoms with Crippen LogP contribution in [0.25, 0.3) is 0 Å². The minimum absolute atomic E-state index is 0.396. The Hall–Kier alpha value is -0.720. The van der Waals surface area contributed by atoms with Crippen LogP contribution in [0.5, 0.6) is 0 Å². The van der Waals surface area contributed by atoms with Crippen molar-refractivity contribution in [1.82, 2.24) is 9.97 Å². The van der Waals surface area contributed by atoms with E-state index in [2.05, 4.69) is 20.3 Å². The zero-order valence-electron chi connectivity index (χ0n) is 8.11. The second-order valence-corrected chi connectivity index (χ2v) is 4.74. The number of halogens is 1. The molecule has 0 spiro atoms. The van der Waals surface area contributed by atoms with Crippen molar-refractivity contribution in [2.24, 2.45) is 5.84 Å². The Kier molecular flexibility index (Phi) is 3.50. The number of thioether (sulfide) groups is 1. The minimum Gasteiger partial charge on any atom is -0.354 e. The first kappa shape index (κ1) is 10.8. The van der Waals surface area contributed by atoms with E-state index in [9.17, 15) is 0 Å². The van der Waals surface area contributed by atoms with Gasteiger partial charge in [-0.05, 0) is 0 Å². The predicted molar refractivity (Wildman–Crippen MR) is 64.4 cm³/mol. The maximum atomic E-state index is 6.04. The molecule has 2 heterocycles. The molecule has 5 nitrogen and oxygen atoms in total. The highest BCUT2D eigenvalue weighted by Crippen LogP contribution is 2.25. The highest BCUT2D eigenvalue weighted by atomic mass is 35.5. The van der Waals surface area contributed by atoms with Crippen LogP contribution < -0.4 is 16.2 Å². The summed E-state index contributed by atoms with van der Waals surface area (Å²) in [6, 6.07) is 0. The van der Waals surface area contributed by atoms with E-state index in [1.165, 1.54) is 0 Å². The lowest BCUT2D eigenvalue weighted by atomic mass is 10.4. The molecule has 3 N–H and O–H groups in total. The van der Waals surface area contributed by atoms with Gasteiger partial charge in [-0.3, -0.25) is 5.43 Å². The standard InChI is InChI=1S/C8H12ClN5S/c9-6-5-11-8(13-10)12-7(6)14-1-3-15-4-2-14/h5H,1-4,10H2,(H,11,12,13). The van der Waals surface area contributed by atoms with Gasteiger partial charge in [-0.25, -0.2) is 10.8 Å². The predicted octanol–water partition coefficient (Wildman–Crippen LogP) is 0.969. The largest absolute Gasteiger partial charge is 0.354 e. The molecule has 7 heteroatoms. The monoisotopic (exact) mass is 245 g/mol. The summed E-state index contributed by atoms with van der Waals surface area (Å²) in [4.78, 5) is 10.3. The van der Waals surface area contributed by atoms with Crippen molar-refractivity contribution in [3.8, 4) is 0 Å². The fourth-order valence-electron chi connectivity index (χ4n) is 1.42. The molecule has 1 aromatic heterocycles. The van der Waals surface area contributed by atoms with E-state index in [0.717, 1.165) is 30.4 Å². The van der Waals surface area contributed by atoms with E-state index in [-0.39, 0.29) is 0 Å². The third-order valence-corrected chi connectivity index (χ3v) is 3.37. The molecule has 0 amide bonds. The number of anilines is 2. The van der Waals surface area contributed by atoms with Crippen LogP contribution in [-0.4, -0.2) is 34.6 Å². The highest BCUT2D eigenvalue weighted by Gasteiger charge is 2.16. The summed E-state index contributed by atoms with van der Waals surface area (Å²) < 4.78 is 0. The maximum Gasteiger partial charge on any atom is 0.239 e. The summed E-state index contributed by atoms with van der Waals surface area (Å²) >= 11 is 7.99. The average Bonchev–Trinajstić information content (AvgIpc) is 2.31. The summed E-state index contributed by atoms with van der Waals surface area (Å²) in [7, 11) is 0. The van der Waals surface area contributed by atoms with Crippen molar-refractivity contribution in [2.75, 3.05) is 34.9 Å². The third kappa shape index (κ3) is 2.45. The Morgan fingerprint density at radius 3 is 2.87 bits per heavy atom. The third-order valence-electron chi connectivity index (χ3n) is 2.17. The Labute approximate surface area is 97.4 Å². The molecule has 0 aliphatic carbocycles. The zero-order valence-corrected chi connectivity index (χ0v) is 9.68. The molecular weight excluding hydrogens is 234 g/mol. The van der Waals surface area contributed by atoms with Crippen LogP contribution in [-0.2, 0) is 0 Å². The molecule has 0 radical (unpaired) electrons. The highest BCUT2D eigenvalue weighted by molar-refractivity contribution is 7.99. The Balaban J connectivity index is 2.24. The molecule has 2 rings (SSSR count). The van der Waals surface area contributed by atoms with E-state index >= 15 is 0 Å². The molecule has 1 saturated heterocycles. The van der Waals surface area contributed by atoms with Crippen LogP contribution in [0.2, 0.25) is 5.02 Å². The second kappa shape index (κ2) is 4.87. The van der Waals surface area contributed by atoms with Gasteiger partial charge in [-0.1, -0.05) is 11.6 Å². The Morgan fingerprint density at radius 2 is 2.20 bits per heavy atom. The number of hydrogen-bond acceptors (Lipinski definition) is 6. The minimum atomic E-state index is 0.396.